The second-order valence-electron chi connectivity index (χ2n) is 5.70. The Labute approximate surface area is 124 Å². The maximum atomic E-state index is 4.25. The Balaban J connectivity index is 1.67. The van der Waals surface area contributed by atoms with Crippen molar-refractivity contribution in [2.24, 2.45) is 0 Å². The third-order valence-electron chi connectivity index (χ3n) is 3.95. The zero-order valence-electron chi connectivity index (χ0n) is 12.2. The van der Waals surface area contributed by atoms with E-state index in [-0.39, 0.29) is 0 Å². The van der Waals surface area contributed by atoms with Crippen LogP contribution in [0.25, 0.3) is 0 Å². The van der Waals surface area contributed by atoms with Gasteiger partial charge in [-0.05, 0) is 44.7 Å². The van der Waals surface area contributed by atoms with Crippen LogP contribution >= 0.6 is 11.3 Å². The minimum absolute atomic E-state index is 0.665. The smallest absolute Gasteiger partial charge is 0.131 e. The van der Waals surface area contributed by atoms with E-state index in [0.29, 0.717) is 5.92 Å². The van der Waals surface area contributed by atoms with Crippen molar-refractivity contribution in [3.8, 4) is 0 Å². The van der Waals surface area contributed by atoms with Gasteiger partial charge in [0.15, 0.2) is 0 Å². The highest BCUT2D eigenvalue weighted by atomic mass is 32.1. The molecule has 3 nitrogen and oxygen atoms in total. The highest BCUT2D eigenvalue weighted by molar-refractivity contribution is 7.11. The molecule has 0 spiro atoms. The molecule has 1 fully saturated rings. The summed E-state index contributed by atoms with van der Waals surface area (Å²) in [5.74, 6) is 0.665. The number of hydrogen-bond donors (Lipinski definition) is 0. The van der Waals surface area contributed by atoms with Gasteiger partial charge in [-0.3, -0.25) is 4.90 Å². The van der Waals surface area contributed by atoms with Gasteiger partial charge in [-0.25, -0.2) is 0 Å². The second-order valence-corrected chi connectivity index (χ2v) is 6.97. The molecular formula is C16H21N3S. The molecule has 0 aliphatic carbocycles. The summed E-state index contributed by atoms with van der Waals surface area (Å²) in [4.78, 5) is 2.52. The number of piperidine rings is 1. The largest absolute Gasteiger partial charge is 0.296 e. The third-order valence-corrected chi connectivity index (χ3v) is 4.77. The zero-order valence-corrected chi connectivity index (χ0v) is 13.0. The molecule has 1 saturated heterocycles. The van der Waals surface area contributed by atoms with Crippen molar-refractivity contribution in [2.45, 2.75) is 39.2 Å². The number of hydrogen-bond acceptors (Lipinski definition) is 4. The minimum atomic E-state index is 0.665. The summed E-state index contributed by atoms with van der Waals surface area (Å²) in [6, 6.07) is 8.96. The van der Waals surface area contributed by atoms with Crippen molar-refractivity contribution >= 4 is 11.3 Å². The molecule has 0 radical (unpaired) electrons. The molecule has 0 saturated carbocycles. The van der Waals surface area contributed by atoms with Crippen molar-refractivity contribution in [1.82, 2.24) is 15.1 Å². The highest BCUT2D eigenvalue weighted by Gasteiger charge is 2.22. The Kier molecular flexibility index (Phi) is 4.13. The lowest BCUT2D eigenvalue weighted by molar-refractivity contribution is 0.199. The summed E-state index contributed by atoms with van der Waals surface area (Å²) < 4.78 is 0. The lowest BCUT2D eigenvalue weighted by atomic mass is 9.90. The Hall–Kier alpha value is -1.26. The van der Waals surface area contributed by atoms with Gasteiger partial charge in [0, 0.05) is 6.54 Å². The van der Waals surface area contributed by atoms with Gasteiger partial charge in [-0.1, -0.05) is 29.8 Å². The van der Waals surface area contributed by atoms with Crippen LogP contribution in [0, 0.1) is 13.8 Å². The fourth-order valence-corrected chi connectivity index (χ4v) is 3.74. The number of nitrogens with zero attached hydrogens (tertiary/aromatic N) is 3. The maximum absolute atomic E-state index is 4.25. The zero-order chi connectivity index (χ0) is 13.9. The summed E-state index contributed by atoms with van der Waals surface area (Å²) in [6.45, 7) is 7.47. The molecule has 2 aromatic rings. The average molecular weight is 287 g/mol. The van der Waals surface area contributed by atoms with Gasteiger partial charge in [0.1, 0.15) is 10.0 Å². The van der Waals surface area contributed by atoms with Crippen molar-refractivity contribution in [1.29, 1.82) is 0 Å². The molecule has 0 amide bonds. The molecule has 4 heteroatoms. The first kappa shape index (κ1) is 13.7. The molecule has 1 aromatic carbocycles. The first-order chi connectivity index (χ1) is 9.70. The Morgan fingerprint density at radius 1 is 1.30 bits per heavy atom. The topological polar surface area (TPSA) is 29.0 Å². The Bertz CT molecular complexity index is 579. The van der Waals surface area contributed by atoms with E-state index in [1.54, 1.807) is 11.3 Å². The van der Waals surface area contributed by atoms with Crippen molar-refractivity contribution in [3.05, 3.63) is 45.4 Å². The normalized spacial score (nSPS) is 20.2. The standard InChI is InChI=1S/C16H21N3S/c1-12-5-3-6-14(9-12)15-7-4-8-19(10-15)11-16-18-17-13(2)20-16/h3,5-6,9,15H,4,7-8,10-11H2,1-2H3/t15-/m1/s1. The highest BCUT2D eigenvalue weighted by Crippen LogP contribution is 2.28. The maximum Gasteiger partial charge on any atom is 0.131 e. The number of likely N-dealkylation sites (tertiary alicyclic amines) is 1. The average Bonchev–Trinajstić information content (AvgIpc) is 2.84. The van der Waals surface area contributed by atoms with Gasteiger partial charge in [-0.2, -0.15) is 0 Å². The SMILES string of the molecule is Cc1cccc([C@@H]2CCCN(Cc3nnc(C)s3)C2)c1. The lowest BCUT2D eigenvalue weighted by Crippen LogP contribution is -2.33. The van der Waals surface area contributed by atoms with Gasteiger partial charge in [0.2, 0.25) is 0 Å². The third kappa shape index (κ3) is 3.25. The van der Waals surface area contributed by atoms with E-state index in [4.69, 9.17) is 0 Å². The molecule has 0 unspecified atom stereocenters. The van der Waals surface area contributed by atoms with E-state index >= 15 is 0 Å². The lowest BCUT2D eigenvalue weighted by Gasteiger charge is -2.32. The molecule has 1 aliphatic heterocycles. The number of rotatable bonds is 3. The molecule has 1 aliphatic rings. The van der Waals surface area contributed by atoms with Gasteiger partial charge in [-0.15, -0.1) is 21.5 Å². The summed E-state index contributed by atoms with van der Waals surface area (Å²) in [5, 5.41) is 10.6. The minimum Gasteiger partial charge on any atom is -0.296 e. The summed E-state index contributed by atoms with van der Waals surface area (Å²) in [5.41, 5.74) is 2.85. The number of aryl methyl sites for hydroxylation is 2. The van der Waals surface area contributed by atoms with Crippen LogP contribution in [0.5, 0.6) is 0 Å². The van der Waals surface area contributed by atoms with Crippen molar-refractivity contribution in [2.75, 3.05) is 13.1 Å². The Morgan fingerprint density at radius 3 is 2.95 bits per heavy atom. The second kappa shape index (κ2) is 6.02. The first-order valence-corrected chi connectivity index (χ1v) is 8.10. The van der Waals surface area contributed by atoms with Crippen LogP contribution < -0.4 is 0 Å². The summed E-state index contributed by atoms with van der Waals surface area (Å²) in [7, 11) is 0. The molecular weight excluding hydrogens is 266 g/mol. The predicted molar refractivity (Wildman–Crippen MR) is 83.1 cm³/mol. The number of benzene rings is 1. The molecule has 3 rings (SSSR count). The van der Waals surface area contributed by atoms with Crippen LogP contribution in [0.4, 0.5) is 0 Å². The quantitative estimate of drug-likeness (QED) is 0.864. The van der Waals surface area contributed by atoms with Crippen molar-refractivity contribution < 1.29 is 0 Å². The van der Waals surface area contributed by atoms with E-state index in [1.807, 2.05) is 6.92 Å². The van der Waals surface area contributed by atoms with E-state index in [1.165, 1.54) is 30.5 Å². The molecule has 2 heterocycles. The fourth-order valence-electron chi connectivity index (χ4n) is 2.99. The molecule has 1 atom stereocenters. The van der Waals surface area contributed by atoms with Gasteiger partial charge in [0.25, 0.3) is 0 Å². The van der Waals surface area contributed by atoms with Crippen LogP contribution in [0.3, 0.4) is 0 Å². The summed E-state index contributed by atoms with van der Waals surface area (Å²) in [6.07, 6.45) is 2.57. The Morgan fingerprint density at radius 2 is 2.20 bits per heavy atom. The van der Waals surface area contributed by atoms with Crippen LogP contribution in [0.2, 0.25) is 0 Å². The monoisotopic (exact) mass is 287 g/mol. The number of aromatic nitrogens is 2. The van der Waals surface area contributed by atoms with Gasteiger partial charge in [0.05, 0.1) is 6.54 Å². The molecule has 1 aromatic heterocycles. The van der Waals surface area contributed by atoms with Crippen LogP contribution in [0.1, 0.15) is 39.9 Å². The van der Waals surface area contributed by atoms with Gasteiger partial charge < -0.3 is 0 Å². The first-order valence-electron chi connectivity index (χ1n) is 7.28. The van der Waals surface area contributed by atoms with Crippen LogP contribution in [-0.2, 0) is 6.54 Å². The van der Waals surface area contributed by atoms with E-state index < -0.39 is 0 Å². The van der Waals surface area contributed by atoms with Crippen LogP contribution in [0.15, 0.2) is 24.3 Å². The van der Waals surface area contributed by atoms with Gasteiger partial charge >= 0.3 is 0 Å². The van der Waals surface area contributed by atoms with Crippen LogP contribution in [-0.4, -0.2) is 28.2 Å². The molecule has 20 heavy (non-hydrogen) atoms. The molecule has 0 N–H and O–H groups in total. The van der Waals surface area contributed by atoms with E-state index in [2.05, 4.69) is 46.3 Å². The molecule has 106 valence electrons. The fraction of sp³-hybridized carbons (Fsp3) is 0.500. The van der Waals surface area contributed by atoms with Crippen molar-refractivity contribution in [3.63, 3.8) is 0 Å². The van der Waals surface area contributed by atoms with E-state index in [0.717, 1.165) is 23.1 Å². The van der Waals surface area contributed by atoms with E-state index in [9.17, 15) is 0 Å². The predicted octanol–water partition coefficient (Wildman–Crippen LogP) is 3.53. The molecule has 0 bridgehead atoms. The summed E-state index contributed by atoms with van der Waals surface area (Å²) >= 11 is 1.72.